The maximum absolute atomic E-state index is 10.0. The number of hydrazone groups is 1. The van der Waals surface area contributed by atoms with Crippen LogP contribution in [0.1, 0.15) is 0 Å². The molecule has 0 spiro atoms. The minimum atomic E-state index is -0.855. The van der Waals surface area contributed by atoms with Gasteiger partial charge in [0.1, 0.15) is 0 Å². The van der Waals surface area contributed by atoms with E-state index in [1.807, 2.05) is 0 Å². The molecule has 1 aliphatic heterocycles. The van der Waals surface area contributed by atoms with E-state index in [4.69, 9.17) is 11.5 Å². The highest BCUT2D eigenvalue weighted by Gasteiger charge is 2.20. The van der Waals surface area contributed by atoms with E-state index < -0.39 is 6.29 Å². The van der Waals surface area contributed by atoms with Crippen LogP contribution in [0.15, 0.2) is 27.7 Å². The molecule has 0 aromatic carbocycles. The van der Waals surface area contributed by atoms with Gasteiger partial charge in [0.25, 0.3) is 6.08 Å². The zero-order chi connectivity index (χ0) is 9.84. The molecule has 1 unspecified atom stereocenters. The molecule has 0 saturated heterocycles. The Morgan fingerprint density at radius 3 is 3.00 bits per heavy atom. The number of nitrogens with zero attached hydrogens (tertiary/aromatic N) is 4. The zero-order valence-corrected chi connectivity index (χ0v) is 6.71. The van der Waals surface area contributed by atoms with E-state index in [9.17, 15) is 4.79 Å². The second-order valence-electron chi connectivity index (χ2n) is 2.11. The molecule has 0 radical (unpaired) electrons. The Labute approximate surface area is 74.1 Å². The number of guanidine groups is 1. The van der Waals surface area contributed by atoms with Gasteiger partial charge in [-0.15, -0.1) is 0 Å². The summed E-state index contributed by atoms with van der Waals surface area (Å²) >= 11 is 0. The molecule has 0 aromatic rings. The lowest BCUT2D eigenvalue weighted by atomic mass is 10.5. The molecule has 1 atom stereocenters. The van der Waals surface area contributed by atoms with Gasteiger partial charge in [-0.05, 0) is 6.08 Å². The van der Waals surface area contributed by atoms with Crippen molar-refractivity contribution in [2.24, 2.45) is 26.6 Å². The molecule has 13 heavy (non-hydrogen) atoms. The molecule has 0 fully saturated rings. The highest BCUT2D eigenvalue weighted by molar-refractivity contribution is 6.02. The number of amidine groups is 1. The third-order valence-electron chi connectivity index (χ3n) is 1.31. The Morgan fingerprint density at radius 2 is 2.46 bits per heavy atom. The van der Waals surface area contributed by atoms with Gasteiger partial charge in [0.05, 0.1) is 0 Å². The highest BCUT2D eigenvalue weighted by atomic mass is 16.1. The van der Waals surface area contributed by atoms with Gasteiger partial charge in [0.15, 0.2) is 12.1 Å². The van der Waals surface area contributed by atoms with Crippen molar-refractivity contribution in [3.8, 4) is 0 Å². The van der Waals surface area contributed by atoms with E-state index >= 15 is 0 Å². The van der Waals surface area contributed by atoms with Crippen molar-refractivity contribution in [2.75, 3.05) is 0 Å². The summed E-state index contributed by atoms with van der Waals surface area (Å²) in [5, 5.41) is 4.36. The Kier molecular flexibility index (Phi) is 2.53. The predicted octanol–water partition coefficient (Wildman–Crippen LogP) is -1.31. The average Bonchev–Trinajstić information content (AvgIpc) is 2.09. The Bertz CT molecular complexity index is 326. The second kappa shape index (κ2) is 3.61. The summed E-state index contributed by atoms with van der Waals surface area (Å²) in [4.78, 5) is 17.4. The van der Waals surface area contributed by atoms with Crippen LogP contribution < -0.4 is 11.5 Å². The van der Waals surface area contributed by atoms with Crippen LogP contribution in [0.3, 0.4) is 0 Å². The lowest BCUT2D eigenvalue weighted by molar-refractivity contribution is 0.335. The van der Waals surface area contributed by atoms with Gasteiger partial charge in [-0.1, -0.05) is 11.7 Å². The minimum Gasteiger partial charge on any atom is -0.368 e. The van der Waals surface area contributed by atoms with Crippen LogP contribution >= 0.6 is 0 Å². The van der Waals surface area contributed by atoms with Crippen molar-refractivity contribution in [2.45, 2.75) is 6.29 Å². The molecule has 0 bridgehead atoms. The molecule has 68 valence electrons. The van der Waals surface area contributed by atoms with Gasteiger partial charge in [0.2, 0.25) is 5.96 Å². The van der Waals surface area contributed by atoms with Crippen LogP contribution in [0.4, 0.5) is 0 Å². The summed E-state index contributed by atoms with van der Waals surface area (Å²) in [5.74, 6) is 0.295. The highest BCUT2D eigenvalue weighted by Crippen LogP contribution is 2.04. The van der Waals surface area contributed by atoms with Crippen molar-refractivity contribution in [3.05, 3.63) is 12.7 Å². The second-order valence-corrected chi connectivity index (χ2v) is 2.11. The first-order valence-electron chi connectivity index (χ1n) is 3.36. The quantitative estimate of drug-likeness (QED) is 0.406. The van der Waals surface area contributed by atoms with Crippen molar-refractivity contribution < 1.29 is 4.79 Å². The molecule has 4 N–H and O–H groups in total. The fourth-order valence-corrected chi connectivity index (χ4v) is 0.817. The van der Waals surface area contributed by atoms with Gasteiger partial charge >= 0.3 is 0 Å². The Hall–Kier alpha value is -1.98. The number of rotatable bonds is 2. The third-order valence-corrected chi connectivity index (χ3v) is 1.31. The molecular weight excluding hydrogens is 172 g/mol. The van der Waals surface area contributed by atoms with Crippen LogP contribution in [0.2, 0.25) is 0 Å². The van der Waals surface area contributed by atoms with Crippen molar-refractivity contribution >= 4 is 17.9 Å². The number of hydrogen-bond acceptors (Lipinski definition) is 7. The minimum absolute atomic E-state index is 0.0275. The lowest BCUT2D eigenvalue weighted by Gasteiger charge is -2.23. The van der Waals surface area contributed by atoms with Crippen molar-refractivity contribution in [1.82, 2.24) is 5.01 Å². The first-order valence-corrected chi connectivity index (χ1v) is 3.36. The molecule has 1 aliphatic rings. The summed E-state index contributed by atoms with van der Waals surface area (Å²) in [6, 6.07) is 0. The molecule has 1 heterocycles. The average molecular weight is 180 g/mol. The van der Waals surface area contributed by atoms with Gasteiger partial charge in [-0.3, -0.25) is 5.73 Å². The molecule has 0 saturated carbocycles. The molecular formula is C6H8N6O. The summed E-state index contributed by atoms with van der Waals surface area (Å²) < 4.78 is 0. The fraction of sp³-hybridized carbons (Fsp3) is 0.167. The molecule has 7 heteroatoms. The summed E-state index contributed by atoms with van der Waals surface area (Å²) in [6.07, 6.45) is 1.84. The van der Waals surface area contributed by atoms with E-state index in [1.54, 1.807) is 0 Å². The van der Waals surface area contributed by atoms with E-state index in [-0.39, 0.29) is 11.8 Å². The van der Waals surface area contributed by atoms with Crippen molar-refractivity contribution in [1.29, 1.82) is 0 Å². The Morgan fingerprint density at radius 1 is 1.77 bits per heavy atom. The van der Waals surface area contributed by atoms with E-state index in [0.29, 0.717) is 0 Å². The predicted molar refractivity (Wildman–Crippen MR) is 47.2 cm³/mol. The van der Waals surface area contributed by atoms with Crippen LogP contribution in [0.25, 0.3) is 0 Å². The van der Waals surface area contributed by atoms with E-state index in [2.05, 4.69) is 21.7 Å². The SMILES string of the molecule is C=CC1=NC(N)=NC(N)N1N=C=O. The zero-order valence-electron chi connectivity index (χ0n) is 6.71. The number of aliphatic imine (C=N–C) groups is 2. The maximum Gasteiger partial charge on any atom is 0.258 e. The van der Waals surface area contributed by atoms with Crippen molar-refractivity contribution in [3.63, 3.8) is 0 Å². The normalized spacial score (nSPS) is 21.3. The van der Waals surface area contributed by atoms with E-state index in [1.165, 1.54) is 12.2 Å². The van der Waals surface area contributed by atoms with Gasteiger partial charge in [-0.25, -0.2) is 9.79 Å². The smallest absolute Gasteiger partial charge is 0.258 e. The number of hydrogen-bond donors (Lipinski definition) is 2. The summed E-state index contributed by atoms with van der Waals surface area (Å²) in [5.41, 5.74) is 10.8. The summed E-state index contributed by atoms with van der Waals surface area (Å²) in [7, 11) is 0. The summed E-state index contributed by atoms with van der Waals surface area (Å²) in [6.45, 7) is 3.46. The molecule has 0 amide bonds. The topological polar surface area (TPSA) is 109 Å². The molecule has 0 aliphatic carbocycles. The first-order chi connectivity index (χ1) is 6.19. The van der Waals surface area contributed by atoms with Crippen LogP contribution in [-0.2, 0) is 4.79 Å². The molecule has 0 aromatic heterocycles. The fourth-order valence-electron chi connectivity index (χ4n) is 0.817. The lowest BCUT2D eigenvalue weighted by Crippen LogP contribution is -2.45. The number of isocyanates is 1. The van der Waals surface area contributed by atoms with Gasteiger partial charge in [0, 0.05) is 0 Å². The number of nitrogens with two attached hydrogens (primary N) is 2. The third kappa shape index (κ3) is 1.78. The number of carbonyl (C=O) groups excluding carboxylic acids is 1. The van der Waals surface area contributed by atoms with Gasteiger partial charge in [-0.2, -0.15) is 10.0 Å². The monoisotopic (exact) mass is 180 g/mol. The van der Waals surface area contributed by atoms with Crippen LogP contribution in [-0.4, -0.2) is 29.2 Å². The molecule has 1 rings (SSSR count). The Balaban J connectivity index is 3.04. The largest absolute Gasteiger partial charge is 0.368 e. The first kappa shape index (κ1) is 9.11. The van der Waals surface area contributed by atoms with Crippen LogP contribution in [0.5, 0.6) is 0 Å². The standard InChI is InChI=1S/C6H8N6O/c1-2-4-10-5(7)11-6(8)12(4)9-3-13/h2,6H,1,8H2,(H2,7,11). The van der Waals surface area contributed by atoms with Crippen LogP contribution in [0, 0.1) is 0 Å². The van der Waals surface area contributed by atoms with E-state index in [0.717, 1.165) is 5.01 Å². The van der Waals surface area contributed by atoms with Gasteiger partial charge < -0.3 is 5.73 Å². The molecule has 7 nitrogen and oxygen atoms in total. The maximum atomic E-state index is 10.0.